The average molecular weight is 434 g/mol. The Bertz CT molecular complexity index is 1180. The molecule has 11 heteroatoms. The maximum absolute atomic E-state index is 12.6. The molecule has 2 heterocycles. The molecular weight excluding hydrogens is 416 g/mol. The maximum atomic E-state index is 12.6. The van der Waals surface area contributed by atoms with Gasteiger partial charge < -0.3 is 49.6 Å². The van der Waals surface area contributed by atoms with Crippen molar-refractivity contribution >= 4 is 11.0 Å². The summed E-state index contributed by atoms with van der Waals surface area (Å²) in [7, 11) is 0. The Hall–Kier alpha value is -3.51. The number of hydrogen-bond acceptors (Lipinski definition) is 11. The van der Waals surface area contributed by atoms with Crippen LogP contribution < -0.4 is 10.2 Å². The molecule has 2 aromatic carbocycles. The molecule has 0 radical (unpaired) electrons. The Kier molecular flexibility index (Phi) is 5.11. The van der Waals surface area contributed by atoms with Gasteiger partial charge in [-0.15, -0.1) is 0 Å². The summed E-state index contributed by atoms with van der Waals surface area (Å²) in [6.07, 6.45) is -6.12. The molecule has 164 valence electrons. The van der Waals surface area contributed by atoms with Crippen molar-refractivity contribution < 1.29 is 49.6 Å². The first-order valence-corrected chi connectivity index (χ1v) is 9.05. The summed E-state index contributed by atoms with van der Waals surface area (Å²) in [5.41, 5.74) is -1.36. The highest BCUT2D eigenvalue weighted by atomic mass is 16.7. The lowest BCUT2D eigenvalue weighted by Gasteiger charge is -2.35. The Morgan fingerprint density at radius 2 is 1.61 bits per heavy atom. The molecule has 4 unspecified atom stereocenters. The summed E-state index contributed by atoms with van der Waals surface area (Å²) in [6.45, 7) is -0.364. The van der Waals surface area contributed by atoms with Crippen molar-refractivity contribution in [3.8, 4) is 40.1 Å². The number of hydrogen-bond donors (Lipinski definition) is 7. The highest BCUT2D eigenvalue weighted by Crippen LogP contribution is 2.43. The predicted octanol–water partition coefficient (Wildman–Crippen LogP) is 0.100. The van der Waals surface area contributed by atoms with Crippen LogP contribution in [-0.2, 0) is 4.74 Å². The fourth-order valence-corrected chi connectivity index (χ4v) is 3.21. The van der Waals surface area contributed by atoms with Gasteiger partial charge in [0.1, 0.15) is 35.2 Å². The number of aliphatic hydroxyl groups excluding tert-OH is 3. The third kappa shape index (κ3) is 3.49. The van der Waals surface area contributed by atoms with Crippen LogP contribution in [0.1, 0.15) is 0 Å². The molecule has 1 aromatic heterocycles. The van der Waals surface area contributed by atoms with Gasteiger partial charge in [-0.1, -0.05) is 0 Å². The van der Waals surface area contributed by atoms with Crippen molar-refractivity contribution in [3.63, 3.8) is 0 Å². The molecule has 0 bridgehead atoms. The molecule has 1 fully saturated rings. The van der Waals surface area contributed by atoms with E-state index in [1.54, 1.807) is 0 Å². The van der Waals surface area contributed by atoms with Gasteiger partial charge in [-0.3, -0.25) is 4.79 Å². The molecule has 0 aliphatic carbocycles. The molecular formula is C20H18O11. The number of phenolic OH excluding ortho intramolecular Hbond substituents is 3. The highest BCUT2D eigenvalue weighted by molar-refractivity contribution is 5.93. The van der Waals surface area contributed by atoms with Gasteiger partial charge in [0.25, 0.3) is 0 Å². The predicted molar refractivity (Wildman–Crippen MR) is 103 cm³/mol. The largest absolute Gasteiger partial charge is 0.508 e. The molecule has 3 aromatic rings. The summed E-state index contributed by atoms with van der Waals surface area (Å²) >= 11 is 0. The van der Waals surface area contributed by atoms with Gasteiger partial charge in [-0.2, -0.15) is 0 Å². The molecule has 31 heavy (non-hydrogen) atoms. The first kappa shape index (κ1) is 20.8. The van der Waals surface area contributed by atoms with Gasteiger partial charge in [-0.25, -0.2) is 0 Å². The van der Waals surface area contributed by atoms with Crippen LogP contribution in [0, 0.1) is 0 Å². The van der Waals surface area contributed by atoms with E-state index in [4.69, 9.17) is 13.9 Å². The topological polar surface area (TPSA) is 190 Å². The second kappa shape index (κ2) is 7.63. The van der Waals surface area contributed by atoms with Gasteiger partial charge in [0.05, 0.1) is 6.61 Å². The van der Waals surface area contributed by atoms with Crippen LogP contribution in [0.15, 0.2) is 39.5 Å². The van der Waals surface area contributed by atoms with Crippen LogP contribution in [0.2, 0.25) is 0 Å². The van der Waals surface area contributed by atoms with Crippen molar-refractivity contribution in [2.45, 2.75) is 24.6 Å². The first-order valence-electron chi connectivity index (χ1n) is 9.05. The van der Waals surface area contributed by atoms with Crippen LogP contribution in [0.4, 0.5) is 0 Å². The lowest BCUT2D eigenvalue weighted by Crippen LogP contribution is -2.54. The van der Waals surface area contributed by atoms with Gasteiger partial charge >= 0.3 is 0 Å². The quantitative estimate of drug-likeness (QED) is 0.277. The number of aliphatic hydroxyl groups is 3. The highest BCUT2D eigenvalue weighted by Gasteiger charge is 2.39. The molecule has 0 saturated carbocycles. The Morgan fingerprint density at radius 1 is 0.935 bits per heavy atom. The standard InChI is InChI=1S/C20H18O11/c21-8-3-1-7(2-4-8)18-16(27)15(26)12-9(22)5-11(14(25)19(12)31-18)30-20-17(28)13(24)10(23)6-29-20/h1-5,10,13,17,20-25,27-28H,6H2. The molecule has 1 aliphatic rings. The minimum atomic E-state index is -1.68. The molecule has 4 atom stereocenters. The van der Waals surface area contributed by atoms with E-state index in [-0.39, 0.29) is 23.7 Å². The van der Waals surface area contributed by atoms with E-state index in [1.807, 2.05) is 0 Å². The van der Waals surface area contributed by atoms with Crippen LogP contribution in [0.5, 0.6) is 28.7 Å². The molecule has 0 amide bonds. The van der Waals surface area contributed by atoms with Crippen molar-refractivity contribution in [3.05, 3.63) is 40.6 Å². The zero-order chi connectivity index (χ0) is 22.4. The molecule has 11 nitrogen and oxygen atoms in total. The van der Waals surface area contributed by atoms with E-state index >= 15 is 0 Å². The van der Waals surface area contributed by atoms with Gasteiger partial charge in [-0.05, 0) is 24.3 Å². The third-order valence-electron chi connectivity index (χ3n) is 4.89. The molecule has 1 aliphatic heterocycles. The van der Waals surface area contributed by atoms with Crippen molar-refractivity contribution in [1.29, 1.82) is 0 Å². The van der Waals surface area contributed by atoms with E-state index in [1.165, 1.54) is 24.3 Å². The SMILES string of the molecule is O=c1c(O)c(-c2ccc(O)cc2)oc2c(O)c(OC3OCC(O)C(O)C3O)cc(O)c12. The maximum Gasteiger partial charge on any atom is 0.238 e. The van der Waals surface area contributed by atoms with Crippen LogP contribution >= 0.6 is 0 Å². The van der Waals surface area contributed by atoms with E-state index in [0.717, 1.165) is 6.07 Å². The monoisotopic (exact) mass is 434 g/mol. The zero-order valence-corrected chi connectivity index (χ0v) is 15.7. The Labute approximate surface area is 173 Å². The summed E-state index contributed by atoms with van der Waals surface area (Å²) in [4.78, 5) is 12.6. The molecule has 1 saturated heterocycles. The minimum Gasteiger partial charge on any atom is -0.508 e. The van der Waals surface area contributed by atoms with Gasteiger partial charge in [0, 0.05) is 11.6 Å². The zero-order valence-electron chi connectivity index (χ0n) is 15.7. The smallest absolute Gasteiger partial charge is 0.238 e. The van der Waals surface area contributed by atoms with E-state index < -0.39 is 64.0 Å². The number of aromatic hydroxyl groups is 4. The lowest BCUT2D eigenvalue weighted by molar-refractivity contribution is -0.242. The van der Waals surface area contributed by atoms with Gasteiger partial charge in [0.2, 0.25) is 23.2 Å². The van der Waals surface area contributed by atoms with Crippen molar-refractivity contribution in [2.75, 3.05) is 6.61 Å². The van der Waals surface area contributed by atoms with E-state index in [9.17, 15) is 40.5 Å². The number of rotatable bonds is 3. The molecule has 7 N–H and O–H groups in total. The summed E-state index contributed by atoms with van der Waals surface area (Å²) < 4.78 is 15.9. The number of ether oxygens (including phenoxy) is 2. The second-order valence-electron chi connectivity index (χ2n) is 6.97. The first-order chi connectivity index (χ1) is 14.7. The number of phenols is 3. The normalized spacial score (nSPS) is 23.7. The van der Waals surface area contributed by atoms with Crippen LogP contribution in [-0.4, -0.2) is 67.0 Å². The third-order valence-corrected chi connectivity index (χ3v) is 4.89. The molecule has 0 spiro atoms. The molecule has 4 rings (SSSR count). The van der Waals surface area contributed by atoms with Gasteiger partial charge in [0.15, 0.2) is 17.1 Å². The fraction of sp³-hybridized carbons (Fsp3) is 0.250. The summed E-state index contributed by atoms with van der Waals surface area (Å²) in [5, 5.41) is 69.3. The Balaban J connectivity index is 1.82. The lowest BCUT2D eigenvalue weighted by atomic mass is 10.1. The summed E-state index contributed by atoms with van der Waals surface area (Å²) in [6, 6.07) is 6.14. The summed E-state index contributed by atoms with van der Waals surface area (Å²) in [5.74, 6) is -3.14. The number of fused-ring (bicyclic) bond motifs is 1. The average Bonchev–Trinajstić information content (AvgIpc) is 2.74. The van der Waals surface area contributed by atoms with Crippen molar-refractivity contribution in [1.82, 2.24) is 0 Å². The van der Waals surface area contributed by atoms with Crippen LogP contribution in [0.25, 0.3) is 22.3 Å². The van der Waals surface area contributed by atoms with Crippen molar-refractivity contribution in [2.24, 2.45) is 0 Å². The second-order valence-corrected chi connectivity index (χ2v) is 6.97. The fourth-order valence-electron chi connectivity index (χ4n) is 3.21. The van der Waals surface area contributed by atoms with E-state index in [0.29, 0.717) is 0 Å². The van der Waals surface area contributed by atoms with Crippen LogP contribution in [0.3, 0.4) is 0 Å². The van der Waals surface area contributed by atoms with E-state index in [2.05, 4.69) is 0 Å². The number of benzene rings is 2. The Morgan fingerprint density at radius 3 is 2.29 bits per heavy atom. The minimum absolute atomic E-state index is 0.0686.